The van der Waals surface area contributed by atoms with Crippen LogP contribution in [0.4, 0.5) is 10.1 Å². The summed E-state index contributed by atoms with van der Waals surface area (Å²) < 4.78 is 13.9. The van der Waals surface area contributed by atoms with E-state index in [0.717, 1.165) is 38.2 Å². The van der Waals surface area contributed by atoms with Gasteiger partial charge in [-0.15, -0.1) is 0 Å². The molecule has 1 fully saturated rings. The first kappa shape index (κ1) is 14.3. The van der Waals surface area contributed by atoms with Gasteiger partial charge in [0.05, 0.1) is 5.69 Å². The standard InChI is InChI=1S/C16H25FN2/c1-3-9-18-14-10-13(4-2)11-19(12-14)16-8-6-5-7-15(16)17/h5-8,13-14,18H,3-4,9-12H2,1-2H3. The van der Waals surface area contributed by atoms with Crippen LogP contribution in [-0.4, -0.2) is 25.7 Å². The number of nitrogens with one attached hydrogen (secondary N) is 1. The van der Waals surface area contributed by atoms with Gasteiger partial charge in [0.2, 0.25) is 0 Å². The van der Waals surface area contributed by atoms with Crippen molar-refractivity contribution in [3.8, 4) is 0 Å². The summed E-state index contributed by atoms with van der Waals surface area (Å²) in [6.07, 6.45) is 3.52. The van der Waals surface area contributed by atoms with E-state index >= 15 is 0 Å². The van der Waals surface area contributed by atoms with Crippen molar-refractivity contribution >= 4 is 5.69 Å². The van der Waals surface area contributed by atoms with Crippen molar-refractivity contribution in [3.63, 3.8) is 0 Å². The van der Waals surface area contributed by atoms with E-state index in [9.17, 15) is 4.39 Å². The minimum absolute atomic E-state index is 0.103. The zero-order valence-corrected chi connectivity index (χ0v) is 12.0. The third-order valence-corrected chi connectivity index (χ3v) is 3.99. The van der Waals surface area contributed by atoms with Crippen molar-refractivity contribution < 1.29 is 4.39 Å². The maximum absolute atomic E-state index is 13.9. The summed E-state index contributed by atoms with van der Waals surface area (Å²) in [6, 6.07) is 7.61. The van der Waals surface area contributed by atoms with Crippen molar-refractivity contribution in [2.45, 2.75) is 39.2 Å². The van der Waals surface area contributed by atoms with E-state index in [1.165, 1.54) is 6.42 Å². The molecule has 1 N–H and O–H groups in total. The molecule has 0 spiro atoms. The first-order chi connectivity index (χ1) is 9.24. The number of anilines is 1. The quantitative estimate of drug-likeness (QED) is 0.876. The van der Waals surface area contributed by atoms with Crippen LogP contribution < -0.4 is 10.2 Å². The fourth-order valence-electron chi connectivity index (χ4n) is 2.90. The van der Waals surface area contributed by atoms with Crippen molar-refractivity contribution in [1.82, 2.24) is 5.32 Å². The van der Waals surface area contributed by atoms with Gasteiger partial charge in [-0.05, 0) is 37.4 Å². The second kappa shape index (κ2) is 6.90. The Morgan fingerprint density at radius 1 is 1.26 bits per heavy atom. The number of hydrogen-bond donors (Lipinski definition) is 1. The van der Waals surface area contributed by atoms with Crippen LogP contribution in [-0.2, 0) is 0 Å². The van der Waals surface area contributed by atoms with E-state index in [1.54, 1.807) is 12.1 Å². The minimum Gasteiger partial charge on any atom is -0.367 e. The molecule has 3 heteroatoms. The number of halogens is 1. The van der Waals surface area contributed by atoms with E-state index < -0.39 is 0 Å². The molecule has 1 aromatic carbocycles. The largest absolute Gasteiger partial charge is 0.367 e. The van der Waals surface area contributed by atoms with Gasteiger partial charge >= 0.3 is 0 Å². The van der Waals surface area contributed by atoms with Crippen LogP contribution in [0, 0.1) is 11.7 Å². The molecule has 1 saturated heterocycles. The highest BCUT2D eigenvalue weighted by Crippen LogP contribution is 2.27. The molecule has 2 rings (SSSR count). The van der Waals surface area contributed by atoms with E-state index in [0.29, 0.717) is 12.0 Å². The maximum Gasteiger partial charge on any atom is 0.146 e. The molecule has 2 unspecified atom stereocenters. The monoisotopic (exact) mass is 264 g/mol. The number of piperidine rings is 1. The lowest BCUT2D eigenvalue weighted by Crippen LogP contribution is -2.49. The van der Waals surface area contributed by atoms with Crippen molar-refractivity contribution in [2.24, 2.45) is 5.92 Å². The SMILES string of the molecule is CCCNC1CC(CC)CN(c2ccccc2F)C1. The lowest BCUT2D eigenvalue weighted by Gasteiger charge is -2.39. The topological polar surface area (TPSA) is 15.3 Å². The third-order valence-electron chi connectivity index (χ3n) is 3.99. The van der Waals surface area contributed by atoms with Gasteiger partial charge in [-0.1, -0.05) is 32.4 Å². The van der Waals surface area contributed by atoms with Gasteiger partial charge in [0.1, 0.15) is 5.82 Å². The summed E-state index contributed by atoms with van der Waals surface area (Å²) in [5, 5.41) is 3.59. The molecule has 0 aliphatic carbocycles. The first-order valence-electron chi connectivity index (χ1n) is 7.47. The fourth-order valence-corrected chi connectivity index (χ4v) is 2.90. The van der Waals surface area contributed by atoms with E-state index in [4.69, 9.17) is 0 Å². The molecule has 0 aromatic heterocycles. The normalized spacial score (nSPS) is 23.6. The molecule has 1 aliphatic rings. The van der Waals surface area contributed by atoms with E-state index in [-0.39, 0.29) is 5.82 Å². The highest BCUT2D eigenvalue weighted by Gasteiger charge is 2.27. The molecule has 0 amide bonds. The average Bonchev–Trinajstić information content (AvgIpc) is 2.45. The fraction of sp³-hybridized carbons (Fsp3) is 0.625. The maximum atomic E-state index is 13.9. The summed E-state index contributed by atoms with van der Waals surface area (Å²) >= 11 is 0. The Morgan fingerprint density at radius 3 is 2.74 bits per heavy atom. The Balaban J connectivity index is 2.09. The molecular formula is C16H25FN2. The van der Waals surface area contributed by atoms with Gasteiger partial charge in [-0.3, -0.25) is 0 Å². The van der Waals surface area contributed by atoms with E-state index in [2.05, 4.69) is 24.1 Å². The lowest BCUT2D eigenvalue weighted by atomic mass is 9.91. The van der Waals surface area contributed by atoms with Crippen molar-refractivity contribution in [3.05, 3.63) is 30.1 Å². The number of para-hydroxylation sites is 1. The highest BCUT2D eigenvalue weighted by molar-refractivity contribution is 5.48. The second-order valence-corrected chi connectivity index (χ2v) is 5.52. The molecule has 1 aliphatic heterocycles. The van der Waals surface area contributed by atoms with Crippen molar-refractivity contribution in [2.75, 3.05) is 24.5 Å². The number of nitrogens with zero attached hydrogens (tertiary/aromatic N) is 1. The first-order valence-corrected chi connectivity index (χ1v) is 7.47. The Hall–Kier alpha value is -1.09. The summed E-state index contributed by atoms with van der Waals surface area (Å²) in [7, 11) is 0. The second-order valence-electron chi connectivity index (χ2n) is 5.52. The molecule has 0 saturated carbocycles. The molecule has 2 atom stereocenters. The molecule has 19 heavy (non-hydrogen) atoms. The van der Waals surface area contributed by atoms with Gasteiger partial charge in [-0.25, -0.2) is 4.39 Å². The van der Waals surface area contributed by atoms with Gasteiger partial charge in [0.15, 0.2) is 0 Å². The molecule has 106 valence electrons. The Morgan fingerprint density at radius 2 is 2.05 bits per heavy atom. The smallest absolute Gasteiger partial charge is 0.146 e. The zero-order valence-electron chi connectivity index (χ0n) is 12.0. The summed E-state index contributed by atoms with van der Waals surface area (Å²) in [6.45, 7) is 7.35. The summed E-state index contributed by atoms with van der Waals surface area (Å²) in [5.41, 5.74) is 0.754. The summed E-state index contributed by atoms with van der Waals surface area (Å²) in [5.74, 6) is 0.552. The molecule has 1 aromatic rings. The highest BCUT2D eigenvalue weighted by atomic mass is 19.1. The summed E-state index contributed by atoms with van der Waals surface area (Å²) in [4.78, 5) is 2.21. The van der Waals surface area contributed by atoms with Gasteiger partial charge in [0.25, 0.3) is 0 Å². The van der Waals surface area contributed by atoms with Crippen LogP contribution in [0.5, 0.6) is 0 Å². The van der Waals surface area contributed by atoms with Crippen LogP contribution in [0.3, 0.4) is 0 Å². The Labute approximate surface area is 116 Å². The van der Waals surface area contributed by atoms with Gasteiger partial charge in [0, 0.05) is 19.1 Å². The molecule has 0 bridgehead atoms. The molecule has 2 nitrogen and oxygen atoms in total. The molecular weight excluding hydrogens is 239 g/mol. The Bertz CT molecular complexity index is 394. The molecule has 0 radical (unpaired) electrons. The predicted molar refractivity (Wildman–Crippen MR) is 79.1 cm³/mol. The van der Waals surface area contributed by atoms with Crippen LogP contribution in [0.25, 0.3) is 0 Å². The van der Waals surface area contributed by atoms with Crippen molar-refractivity contribution in [1.29, 1.82) is 0 Å². The number of hydrogen-bond acceptors (Lipinski definition) is 2. The third kappa shape index (κ3) is 3.69. The van der Waals surface area contributed by atoms with Crippen LogP contribution in [0.1, 0.15) is 33.1 Å². The Kier molecular flexibility index (Phi) is 5.20. The van der Waals surface area contributed by atoms with Gasteiger partial charge < -0.3 is 10.2 Å². The van der Waals surface area contributed by atoms with E-state index in [1.807, 2.05) is 12.1 Å². The number of benzene rings is 1. The van der Waals surface area contributed by atoms with Crippen LogP contribution >= 0.6 is 0 Å². The average molecular weight is 264 g/mol. The van der Waals surface area contributed by atoms with Crippen LogP contribution in [0.15, 0.2) is 24.3 Å². The number of rotatable bonds is 5. The van der Waals surface area contributed by atoms with Gasteiger partial charge in [-0.2, -0.15) is 0 Å². The lowest BCUT2D eigenvalue weighted by molar-refractivity contribution is 0.325. The predicted octanol–water partition coefficient (Wildman–Crippen LogP) is 3.43. The molecule has 1 heterocycles. The minimum atomic E-state index is -0.103. The zero-order chi connectivity index (χ0) is 13.7. The van der Waals surface area contributed by atoms with Crippen LogP contribution in [0.2, 0.25) is 0 Å².